The molecule has 2 aromatic heterocycles. The summed E-state index contributed by atoms with van der Waals surface area (Å²) in [6.45, 7) is 0. The summed E-state index contributed by atoms with van der Waals surface area (Å²) in [7, 11) is 0. The van der Waals surface area contributed by atoms with Crippen LogP contribution in [0.5, 0.6) is 0 Å². The predicted molar refractivity (Wildman–Crippen MR) is 58.1 cm³/mol. The lowest BCUT2D eigenvalue weighted by Gasteiger charge is -2.06. The first-order chi connectivity index (χ1) is 7.88. The van der Waals surface area contributed by atoms with E-state index in [2.05, 4.69) is 4.98 Å². The molecular weight excluding hydrogens is 253 g/mol. The summed E-state index contributed by atoms with van der Waals surface area (Å²) in [5.74, 6) is -0.486. The highest BCUT2D eigenvalue weighted by atomic mass is 32.2. The van der Waals surface area contributed by atoms with Crippen molar-refractivity contribution < 1.29 is 13.2 Å². The number of imidazole rings is 1. The minimum Gasteiger partial charge on any atom is -0.382 e. The molecule has 90 valence electrons. The van der Waals surface area contributed by atoms with Crippen LogP contribution in [0.1, 0.15) is 5.69 Å². The number of pyridine rings is 1. The van der Waals surface area contributed by atoms with Gasteiger partial charge in [0.25, 0.3) is 0 Å². The molecule has 0 saturated carbocycles. The maximum absolute atomic E-state index is 12.4. The molecule has 0 aromatic carbocycles. The molecular formula is C9H7F3N4S. The Morgan fingerprint density at radius 1 is 1.41 bits per heavy atom. The molecule has 8 heteroatoms. The van der Waals surface area contributed by atoms with Crippen molar-refractivity contribution in [2.75, 3.05) is 0 Å². The molecule has 2 heterocycles. The quantitative estimate of drug-likeness (QED) is 0.494. The molecule has 0 amide bonds. The van der Waals surface area contributed by atoms with Gasteiger partial charge in [0.1, 0.15) is 22.2 Å². The zero-order valence-electron chi connectivity index (χ0n) is 8.32. The van der Waals surface area contributed by atoms with Crippen LogP contribution in [0.25, 0.3) is 5.65 Å². The highest BCUT2D eigenvalue weighted by Gasteiger charge is 2.33. The second-order valence-electron chi connectivity index (χ2n) is 3.16. The first kappa shape index (κ1) is 11.8. The molecule has 0 unspecified atom stereocenters. The number of nitrogens with two attached hydrogens (primary N) is 1. The zero-order chi connectivity index (χ0) is 12.6. The van der Waals surface area contributed by atoms with E-state index < -0.39 is 11.3 Å². The van der Waals surface area contributed by atoms with Crippen LogP contribution >= 0.6 is 11.8 Å². The molecule has 0 aliphatic carbocycles. The maximum Gasteiger partial charge on any atom is 0.447 e. The number of rotatable bonds is 2. The molecule has 2 aromatic rings. The van der Waals surface area contributed by atoms with Crippen molar-refractivity contribution in [2.24, 2.45) is 5.73 Å². The summed E-state index contributed by atoms with van der Waals surface area (Å²) in [6.07, 6.45) is 1.45. The van der Waals surface area contributed by atoms with Crippen molar-refractivity contribution in [3.8, 4) is 0 Å². The van der Waals surface area contributed by atoms with Gasteiger partial charge in [0.05, 0.1) is 0 Å². The summed E-state index contributed by atoms with van der Waals surface area (Å²) >= 11 is -0.329. The van der Waals surface area contributed by atoms with Gasteiger partial charge in [0, 0.05) is 18.0 Å². The number of nitrogen functional groups attached to an aromatic ring is 1. The number of fused-ring (bicyclic) bond motifs is 1. The largest absolute Gasteiger partial charge is 0.447 e. The molecule has 0 aliphatic heterocycles. The van der Waals surface area contributed by atoms with E-state index in [-0.39, 0.29) is 22.5 Å². The molecule has 0 fully saturated rings. The highest BCUT2D eigenvalue weighted by Crippen LogP contribution is 2.38. The third-order valence-electron chi connectivity index (χ3n) is 1.95. The lowest BCUT2D eigenvalue weighted by Crippen LogP contribution is -2.14. The standard InChI is InChI=1S/C9H7F3N4S/c10-9(11,12)17-8-6(7(13)14)15-5-3-1-2-4-16(5)8/h1-4H,(H3,13,14). The normalized spacial score (nSPS) is 11.9. The van der Waals surface area contributed by atoms with E-state index >= 15 is 0 Å². The summed E-state index contributed by atoms with van der Waals surface area (Å²) in [5, 5.41) is 7.04. The number of amidine groups is 1. The average molecular weight is 260 g/mol. The number of thioether (sulfide) groups is 1. The molecule has 2 rings (SSSR count). The third kappa shape index (κ3) is 2.36. The minimum atomic E-state index is -4.45. The van der Waals surface area contributed by atoms with Crippen LogP contribution in [0.4, 0.5) is 13.2 Å². The van der Waals surface area contributed by atoms with Crippen LogP contribution in [-0.2, 0) is 0 Å². The van der Waals surface area contributed by atoms with E-state index in [0.717, 1.165) is 0 Å². The van der Waals surface area contributed by atoms with E-state index in [1.54, 1.807) is 18.2 Å². The molecule has 0 radical (unpaired) electrons. The van der Waals surface area contributed by atoms with E-state index in [0.29, 0.717) is 5.65 Å². The Morgan fingerprint density at radius 3 is 2.71 bits per heavy atom. The predicted octanol–water partition coefficient (Wildman–Crippen LogP) is 2.23. The fraction of sp³-hybridized carbons (Fsp3) is 0.111. The molecule has 0 spiro atoms. The molecule has 17 heavy (non-hydrogen) atoms. The molecule has 0 aliphatic rings. The fourth-order valence-electron chi connectivity index (χ4n) is 1.36. The lowest BCUT2D eigenvalue weighted by molar-refractivity contribution is -0.0329. The van der Waals surface area contributed by atoms with Gasteiger partial charge >= 0.3 is 5.51 Å². The van der Waals surface area contributed by atoms with Crippen molar-refractivity contribution in [3.63, 3.8) is 0 Å². The van der Waals surface area contributed by atoms with Crippen LogP contribution in [0.2, 0.25) is 0 Å². The highest BCUT2D eigenvalue weighted by molar-refractivity contribution is 8.00. The Balaban J connectivity index is 2.64. The van der Waals surface area contributed by atoms with Crippen molar-refractivity contribution in [2.45, 2.75) is 10.5 Å². The zero-order valence-corrected chi connectivity index (χ0v) is 9.14. The monoisotopic (exact) mass is 260 g/mol. The topological polar surface area (TPSA) is 67.2 Å². The second kappa shape index (κ2) is 3.95. The van der Waals surface area contributed by atoms with Crippen molar-refractivity contribution in [3.05, 3.63) is 30.1 Å². The van der Waals surface area contributed by atoms with Gasteiger partial charge in [0.2, 0.25) is 0 Å². The number of nitrogens with zero attached hydrogens (tertiary/aromatic N) is 2. The Labute approximate surface area is 98.1 Å². The van der Waals surface area contributed by atoms with Crippen LogP contribution in [0, 0.1) is 5.41 Å². The molecule has 3 N–H and O–H groups in total. The number of hydrogen-bond acceptors (Lipinski definition) is 3. The van der Waals surface area contributed by atoms with Gasteiger partial charge in [-0.2, -0.15) is 13.2 Å². The molecule has 4 nitrogen and oxygen atoms in total. The number of nitrogens with one attached hydrogen (secondary N) is 1. The Bertz CT molecular complexity index is 575. The minimum absolute atomic E-state index is 0.154. The van der Waals surface area contributed by atoms with Gasteiger partial charge in [-0.25, -0.2) is 4.98 Å². The first-order valence-electron chi connectivity index (χ1n) is 4.46. The number of halogens is 3. The number of aromatic nitrogens is 2. The van der Waals surface area contributed by atoms with Gasteiger partial charge < -0.3 is 5.73 Å². The summed E-state index contributed by atoms with van der Waals surface area (Å²) in [6, 6.07) is 4.78. The average Bonchev–Trinajstić information content (AvgIpc) is 2.55. The SMILES string of the molecule is N=C(N)c1nc2ccccn2c1SC(F)(F)F. The molecule has 0 atom stereocenters. The lowest BCUT2D eigenvalue weighted by atomic mass is 10.4. The third-order valence-corrected chi connectivity index (χ3v) is 2.77. The number of hydrogen-bond donors (Lipinski definition) is 2. The van der Waals surface area contributed by atoms with Gasteiger partial charge in [-0.3, -0.25) is 9.81 Å². The fourth-order valence-corrected chi connectivity index (χ4v) is 2.08. The van der Waals surface area contributed by atoms with Crippen molar-refractivity contribution in [1.29, 1.82) is 5.41 Å². The van der Waals surface area contributed by atoms with Crippen LogP contribution in [0.3, 0.4) is 0 Å². The summed E-state index contributed by atoms with van der Waals surface area (Å²) < 4.78 is 38.5. The van der Waals surface area contributed by atoms with Crippen molar-refractivity contribution >= 4 is 23.2 Å². The molecule has 0 saturated heterocycles. The Kier molecular flexibility index (Phi) is 2.74. The van der Waals surface area contributed by atoms with E-state index in [1.165, 1.54) is 10.6 Å². The summed E-state index contributed by atoms with van der Waals surface area (Å²) in [5.41, 5.74) is 0.945. The maximum atomic E-state index is 12.4. The molecule has 0 bridgehead atoms. The van der Waals surface area contributed by atoms with E-state index in [1.807, 2.05) is 0 Å². The summed E-state index contributed by atoms with van der Waals surface area (Å²) in [4.78, 5) is 3.89. The Morgan fingerprint density at radius 2 is 2.12 bits per heavy atom. The Hall–Kier alpha value is -1.70. The van der Waals surface area contributed by atoms with Crippen molar-refractivity contribution in [1.82, 2.24) is 9.38 Å². The van der Waals surface area contributed by atoms with Gasteiger partial charge in [0.15, 0.2) is 0 Å². The second-order valence-corrected chi connectivity index (χ2v) is 4.21. The van der Waals surface area contributed by atoms with Gasteiger partial charge in [-0.05, 0) is 12.1 Å². The van der Waals surface area contributed by atoms with Crippen LogP contribution in [-0.4, -0.2) is 20.7 Å². The van der Waals surface area contributed by atoms with Gasteiger partial charge in [-0.1, -0.05) is 6.07 Å². The van der Waals surface area contributed by atoms with Crippen LogP contribution < -0.4 is 5.73 Å². The van der Waals surface area contributed by atoms with Crippen LogP contribution in [0.15, 0.2) is 29.4 Å². The first-order valence-corrected chi connectivity index (χ1v) is 5.27. The van der Waals surface area contributed by atoms with E-state index in [9.17, 15) is 13.2 Å². The van der Waals surface area contributed by atoms with Gasteiger partial charge in [-0.15, -0.1) is 0 Å². The number of alkyl halides is 3. The smallest absolute Gasteiger partial charge is 0.382 e. The van der Waals surface area contributed by atoms with E-state index in [4.69, 9.17) is 11.1 Å².